The molecule has 35 heavy (non-hydrogen) atoms. The molecule has 0 aliphatic rings. The molecule has 0 fully saturated rings. The number of aryl methyl sites for hydroxylation is 1. The van der Waals surface area contributed by atoms with Crippen LogP contribution in [0.1, 0.15) is 48.8 Å². The summed E-state index contributed by atoms with van der Waals surface area (Å²) >= 11 is 6.08. The number of rotatable bonds is 9. The maximum atomic E-state index is 13.2. The lowest BCUT2D eigenvalue weighted by molar-refractivity contribution is -0.117. The van der Waals surface area contributed by atoms with Crippen molar-refractivity contribution in [1.82, 2.24) is 14.7 Å². The van der Waals surface area contributed by atoms with Crippen molar-refractivity contribution in [3.63, 3.8) is 0 Å². The van der Waals surface area contributed by atoms with E-state index in [0.29, 0.717) is 36.0 Å². The number of carbonyl (C=O) groups excluding carboxylic acids is 2. The van der Waals surface area contributed by atoms with E-state index in [1.165, 1.54) is 4.90 Å². The summed E-state index contributed by atoms with van der Waals surface area (Å²) in [5.41, 5.74) is 3.01. The van der Waals surface area contributed by atoms with E-state index < -0.39 is 0 Å². The summed E-state index contributed by atoms with van der Waals surface area (Å²) < 4.78 is 6.87. The van der Waals surface area contributed by atoms with Gasteiger partial charge in [0.15, 0.2) is 0 Å². The van der Waals surface area contributed by atoms with Gasteiger partial charge < -0.3 is 15.0 Å². The maximum absolute atomic E-state index is 13.2. The summed E-state index contributed by atoms with van der Waals surface area (Å²) in [5.74, 6) is -0.0223. The van der Waals surface area contributed by atoms with Crippen molar-refractivity contribution in [1.29, 1.82) is 0 Å². The van der Waals surface area contributed by atoms with Gasteiger partial charge in [-0.3, -0.25) is 9.59 Å². The fourth-order valence-corrected chi connectivity index (χ4v) is 3.80. The van der Waals surface area contributed by atoms with Gasteiger partial charge in [0.2, 0.25) is 5.91 Å². The number of hydrogen-bond donors (Lipinski definition) is 1. The van der Waals surface area contributed by atoms with Crippen LogP contribution >= 0.6 is 11.6 Å². The number of nitrogens with one attached hydrogen (secondary N) is 1. The van der Waals surface area contributed by atoms with E-state index in [2.05, 4.69) is 26.1 Å². The lowest BCUT2D eigenvalue weighted by Crippen LogP contribution is -2.39. The second-order valence-electron chi connectivity index (χ2n) is 9.55. The second-order valence-corrected chi connectivity index (χ2v) is 9.98. The summed E-state index contributed by atoms with van der Waals surface area (Å²) in [6.45, 7) is 8.97. The Morgan fingerprint density at radius 1 is 1.11 bits per heavy atom. The monoisotopic (exact) mass is 496 g/mol. The van der Waals surface area contributed by atoms with Crippen LogP contribution in [0.2, 0.25) is 5.02 Å². The Labute approximate surface area is 212 Å². The first-order chi connectivity index (χ1) is 16.6. The summed E-state index contributed by atoms with van der Waals surface area (Å²) in [7, 11) is 1.61. The Morgan fingerprint density at radius 2 is 1.86 bits per heavy atom. The molecular formula is C27H33ClN4O3. The number of halogens is 1. The van der Waals surface area contributed by atoms with Crippen LogP contribution in [0, 0.1) is 6.92 Å². The highest BCUT2D eigenvalue weighted by Gasteiger charge is 2.23. The van der Waals surface area contributed by atoms with Crippen molar-refractivity contribution in [3.8, 4) is 5.69 Å². The molecule has 186 valence electrons. The number of amides is 2. The molecule has 7 nitrogen and oxygen atoms in total. The van der Waals surface area contributed by atoms with Gasteiger partial charge in [0, 0.05) is 42.3 Å². The SMILES string of the molecule is COCCCN(CC(=O)Nc1cc(C(C)(C)C)nn1-c1cccc(C)c1)C(=O)c1cccc(Cl)c1. The standard InChI is InChI=1S/C27H33ClN4O3/c1-19-9-6-12-22(15-19)32-24(17-23(30-32)27(2,3)4)29-25(33)18-31(13-8-14-35-5)26(34)20-10-7-11-21(28)16-20/h6-7,9-12,15-17H,8,13-14,18H2,1-5H3,(H,29,33). The van der Waals surface area contributed by atoms with Crippen LogP contribution in [0.5, 0.6) is 0 Å². The number of aromatic nitrogens is 2. The fourth-order valence-electron chi connectivity index (χ4n) is 3.61. The van der Waals surface area contributed by atoms with Crippen molar-refractivity contribution in [2.75, 3.05) is 32.1 Å². The van der Waals surface area contributed by atoms with Gasteiger partial charge >= 0.3 is 0 Å². The Kier molecular flexibility index (Phi) is 8.70. The minimum atomic E-state index is -0.313. The lowest BCUT2D eigenvalue weighted by atomic mass is 9.92. The van der Waals surface area contributed by atoms with E-state index >= 15 is 0 Å². The molecule has 3 aromatic rings. The first-order valence-corrected chi connectivity index (χ1v) is 12.0. The van der Waals surface area contributed by atoms with Gasteiger partial charge in [-0.25, -0.2) is 4.68 Å². The average Bonchev–Trinajstić information content (AvgIpc) is 3.22. The van der Waals surface area contributed by atoms with Gasteiger partial charge in [-0.2, -0.15) is 5.10 Å². The quantitative estimate of drug-likeness (QED) is 0.410. The maximum Gasteiger partial charge on any atom is 0.254 e. The molecule has 3 rings (SSSR count). The van der Waals surface area contributed by atoms with Crippen molar-refractivity contribution < 1.29 is 14.3 Å². The van der Waals surface area contributed by atoms with Crippen molar-refractivity contribution in [2.45, 2.75) is 39.5 Å². The predicted octanol–water partition coefficient (Wildman–Crippen LogP) is 5.25. The zero-order valence-corrected chi connectivity index (χ0v) is 21.7. The molecule has 0 spiro atoms. The molecule has 0 saturated heterocycles. The molecule has 0 radical (unpaired) electrons. The average molecular weight is 497 g/mol. The van der Waals surface area contributed by atoms with E-state index in [1.807, 2.05) is 37.3 Å². The van der Waals surface area contributed by atoms with Gasteiger partial charge in [0.25, 0.3) is 5.91 Å². The highest BCUT2D eigenvalue weighted by Crippen LogP contribution is 2.26. The van der Waals surface area contributed by atoms with E-state index in [4.69, 9.17) is 21.4 Å². The minimum absolute atomic E-state index is 0.112. The van der Waals surface area contributed by atoms with Crippen LogP contribution in [-0.2, 0) is 14.9 Å². The Hall–Kier alpha value is -3.16. The minimum Gasteiger partial charge on any atom is -0.385 e. The Bertz CT molecular complexity index is 1180. The number of carbonyl (C=O) groups is 2. The third kappa shape index (κ3) is 7.16. The smallest absolute Gasteiger partial charge is 0.254 e. The normalized spacial score (nSPS) is 11.4. The Balaban J connectivity index is 1.86. The Morgan fingerprint density at radius 3 is 2.51 bits per heavy atom. The molecule has 0 atom stereocenters. The van der Waals surface area contributed by atoms with Gasteiger partial charge in [-0.1, -0.05) is 50.6 Å². The largest absolute Gasteiger partial charge is 0.385 e. The first kappa shape index (κ1) is 26.4. The van der Waals surface area contributed by atoms with E-state index in [1.54, 1.807) is 36.1 Å². The predicted molar refractivity (Wildman–Crippen MR) is 139 cm³/mol. The van der Waals surface area contributed by atoms with E-state index in [0.717, 1.165) is 16.9 Å². The third-order valence-corrected chi connectivity index (χ3v) is 5.70. The van der Waals surface area contributed by atoms with Crippen LogP contribution in [-0.4, -0.2) is 53.3 Å². The second kappa shape index (κ2) is 11.5. The molecule has 0 aliphatic carbocycles. The summed E-state index contributed by atoms with van der Waals surface area (Å²) in [4.78, 5) is 27.8. The van der Waals surface area contributed by atoms with Crippen LogP contribution < -0.4 is 5.32 Å². The fraction of sp³-hybridized carbons (Fsp3) is 0.370. The molecule has 2 amide bonds. The highest BCUT2D eigenvalue weighted by atomic mass is 35.5. The molecule has 0 bridgehead atoms. The van der Waals surface area contributed by atoms with Crippen molar-refractivity contribution >= 4 is 29.2 Å². The summed E-state index contributed by atoms with van der Waals surface area (Å²) in [5, 5.41) is 8.20. The number of nitrogens with zero attached hydrogens (tertiary/aromatic N) is 3. The molecule has 2 aromatic carbocycles. The van der Waals surface area contributed by atoms with Crippen LogP contribution in [0.15, 0.2) is 54.6 Å². The summed E-state index contributed by atoms with van der Waals surface area (Å²) in [6, 6.07) is 16.5. The van der Waals surface area contributed by atoms with Gasteiger partial charge in [-0.05, 0) is 49.2 Å². The molecule has 0 aliphatic heterocycles. The zero-order valence-electron chi connectivity index (χ0n) is 21.0. The number of methoxy groups -OCH3 is 1. The van der Waals surface area contributed by atoms with Gasteiger partial charge in [-0.15, -0.1) is 0 Å². The first-order valence-electron chi connectivity index (χ1n) is 11.6. The molecule has 0 saturated carbocycles. The molecule has 1 aromatic heterocycles. The number of ether oxygens (including phenoxy) is 1. The number of hydrogen-bond acceptors (Lipinski definition) is 4. The molecule has 8 heteroatoms. The zero-order chi connectivity index (χ0) is 25.6. The molecular weight excluding hydrogens is 464 g/mol. The molecule has 0 unspecified atom stereocenters. The molecule has 1 N–H and O–H groups in total. The van der Waals surface area contributed by atoms with Crippen molar-refractivity contribution in [3.05, 3.63) is 76.4 Å². The number of benzene rings is 2. The summed E-state index contributed by atoms with van der Waals surface area (Å²) in [6.07, 6.45) is 0.603. The highest BCUT2D eigenvalue weighted by molar-refractivity contribution is 6.31. The topological polar surface area (TPSA) is 76.5 Å². The number of anilines is 1. The molecule has 1 heterocycles. The van der Waals surface area contributed by atoms with Crippen LogP contribution in [0.4, 0.5) is 5.82 Å². The van der Waals surface area contributed by atoms with Crippen LogP contribution in [0.3, 0.4) is 0 Å². The van der Waals surface area contributed by atoms with Gasteiger partial charge in [0.1, 0.15) is 12.4 Å². The van der Waals surface area contributed by atoms with Gasteiger partial charge in [0.05, 0.1) is 11.4 Å². The van der Waals surface area contributed by atoms with Crippen molar-refractivity contribution in [2.24, 2.45) is 0 Å². The lowest BCUT2D eigenvalue weighted by Gasteiger charge is -2.22. The third-order valence-electron chi connectivity index (χ3n) is 5.46. The van der Waals surface area contributed by atoms with E-state index in [-0.39, 0.29) is 23.8 Å². The van der Waals surface area contributed by atoms with Crippen LogP contribution in [0.25, 0.3) is 5.69 Å². The van der Waals surface area contributed by atoms with E-state index in [9.17, 15) is 9.59 Å².